The lowest BCUT2D eigenvalue weighted by molar-refractivity contribution is 1.15. The number of imidazole rings is 1. The molecule has 4 nitrogen and oxygen atoms in total. The molecule has 0 bridgehead atoms. The second kappa shape index (κ2) is 1.40. The SMILES string of the molecule is Cc1nc(N)c(N)[nH]1. The fraction of sp³-hybridized carbons (Fsp3) is 0.250. The second-order valence-corrected chi connectivity index (χ2v) is 1.62. The van der Waals surface area contributed by atoms with Gasteiger partial charge in [0.15, 0.2) is 5.82 Å². The Morgan fingerprint density at radius 1 is 1.50 bits per heavy atom. The average Bonchev–Trinajstić information content (AvgIpc) is 1.85. The lowest BCUT2D eigenvalue weighted by Gasteiger charge is -1.80. The molecular weight excluding hydrogens is 104 g/mol. The van der Waals surface area contributed by atoms with Crippen molar-refractivity contribution in [2.75, 3.05) is 11.5 Å². The molecule has 0 atom stereocenters. The summed E-state index contributed by atoms with van der Waals surface area (Å²) in [4.78, 5) is 6.56. The molecule has 0 unspecified atom stereocenters. The van der Waals surface area contributed by atoms with Crippen molar-refractivity contribution in [1.29, 1.82) is 0 Å². The lowest BCUT2D eigenvalue weighted by Crippen LogP contribution is -1.91. The first-order chi connectivity index (χ1) is 3.70. The number of hydrogen-bond acceptors (Lipinski definition) is 3. The van der Waals surface area contributed by atoms with Crippen molar-refractivity contribution in [2.45, 2.75) is 6.92 Å². The number of H-pyrrole nitrogens is 1. The molecule has 0 spiro atoms. The van der Waals surface area contributed by atoms with E-state index >= 15 is 0 Å². The van der Waals surface area contributed by atoms with Crippen molar-refractivity contribution in [3.05, 3.63) is 5.82 Å². The Morgan fingerprint density at radius 2 is 2.12 bits per heavy atom. The van der Waals surface area contributed by atoms with Gasteiger partial charge in [0.05, 0.1) is 0 Å². The number of anilines is 2. The number of nitrogens with one attached hydrogen (secondary N) is 1. The van der Waals surface area contributed by atoms with E-state index in [9.17, 15) is 0 Å². The maximum atomic E-state index is 5.30. The maximum absolute atomic E-state index is 5.30. The van der Waals surface area contributed by atoms with E-state index in [0.717, 1.165) is 5.82 Å². The molecule has 0 aliphatic carbocycles. The Kier molecular flexibility index (Phi) is 0.865. The van der Waals surface area contributed by atoms with Crippen molar-refractivity contribution in [1.82, 2.24) is 9.97 Å². The van der Waals surface area contributed by atoms with Gasteiger partial charge in [-0.1, -0.05) is 0 Å². The van der Waals surface area contributed by atoms with Crippen molar-refractivity contribution in [2.24, 2.45) is 0 Å². The van der Waals surface area contributed by atoms with E-state index in [-0.39, 0.29) is 0 Å². The first kappa shape index (κ1) is 4.96. The van der Waals surface area contributed by atoms with Gasteiger partial charge in [-0.2, -0.15) is 0 Å². The highest BCUT2D eigenvalue weighted by molar-refractivity contribution is 5.52. The minimum atomic E-state index is 0.377. The smallest absolute Gasteiger partial charge is 0.166 e. The zero-order valence-corrected chi connectivity index (χ0v) is 4.60. The quantitative estimate of drug-likeness (QED) is 0.437. The van der Waals surface area contributed by atoms with Gasteiger partial charge in [0, 0.05) is 0 Å². The van der Waals surface area contributed by atoms with E-state index < -0.39 is 0 Å². The largest absolute Gasteiger partial charge is 0.382 e. The fourth-order valence-electron chi connectivity index (χ4n) is 0.528. The predicted octanol–water partition coefficient (Wildman–Crippen LogP) is -0.117. The molecule has 0 aliphatic rings. The first-order valence-electron chi connectivity index (χ1n) is 2.27. The normalized spacial score (nSPS) is 9.62. The molecule has 4 heteroatoms. The molecule has 1 aromatic heterocycles. The Hall–Kier alpha value is -1.19. The van der Waals surface area contributed by atoms with Crippen LogP contribution in [0.3, 0.4) is 0 Å². The highest BCUT2D eigenvalue weighted by atomic mass is 15.0. The summed E-state index contributed by atoms with van der Waals surface area (Å²) < 4.78 is 0. The molecule has 0 aromatic carbocycles. The third-order valence-electron chi connectivity index (χ3n) is 0.880. The van der Waals surface area contributed by atoms with E-state index in [1.807, 2.05) is 0 Å². The van der Waals surface area contributed by atoms with Crippen LogP contribution in [-0.4, -0.2) is 9.97 Å². The van der Waals surface area contributed by atoms with Gasteiger partial charge in [0.25, 0.3) is 0 Å². The third kappa shape index (κ3) is 0.598. The number of aromatic nitrogens is 2. The standard InChI is InChI=1S/C4H8N4/c1-2-7-3(5)4(6)8-2/h5-6H2,1H3,(H,7,8). The van der Waals surface area contributed by atoms with Crippen molar-refractivity contribution in [3.8, 4) is 0 Å². The first-order valence-corrected chi connectivity index (χ1v) is 2.27. The Bertz CT molecular complexity index is 170. The van der Waals surface area contributed by atoms with Crippen LogP contribution >= 0.6 is 0 Å². The topological polar surface area (TPSA) is 80.7 Å². The zero-order valence-electron chi connectivity index (χ0n) is 4.60. The molecule has 8 heavy (non-hydrogen) atoms. The van der Waals surface area contributed by atoms with Crippen molar-refractivity contribution in [3.63, 3.8) is 0 Å². The second-order valence-electron chi connectivity index (χ2n) is 1.62. The predicted molar refractivity (Wildman–Crippen MR) is 32.1 cm³/mol. The number of aromatic amines is 1. The van der Waals surface area contributed by atoms with Crippen LogP contribution in [0.15, 0.2) is 0 Å². The van der Waals surface area contributed by atoms with Gasteiger partial charge in [0.1, 0.15) is 11.6 Å². The maximum Gasteiger partial charge on any atom is 0.166 e. The van der Waals surface area contributed by atoms with Gasteiger partial charge >= 0.3 is 0 Å². The van der Waals surface area contributed by atoms with E-state index in [4.69, 9.17) is 11.5 Å². The Labute approximate surface area is 46.9 Å². The Balaban J connectivity index is 3.14. The number of nitrogens with zero attached hydrogens (tertiary/aromatic N) is 1. The summed E-state index contributed by atoms with van der Waals surface area (Å²) in [6.07, 6.45) is 0. The summed E-state index contributed by atoms with van der Waals surface area (Å²) in [5.74, 6) is 1.57. The molecule has 0 aliphatic heterocycles. The molecule has 0 amide bonds. The molecule has 5 N–H and O–H groups in total. The average molecular weight is 112 g/mol. The molecule has 0 fully saturated rings. The third-order valence-corrected chi connectivity index (χ3v) is 0.880. The number of aryl methyl sites for hydroxylation is 1. The van der Waals surface area contributed by atoms with Gasteiger partial charge in [-0.25, -0.2) is 4.98 Å². The number of hydrogen-bond donors (Lipinski definition) is 3. The summed E-state index contributed by atoms with van der Waals surface area (Å²) >= 11 is 0. The van der Waals surface area contributed by atoms with Crippen LogP contribution in [0.25, 0.3) is 0 Å². The van der Waals surface area contributed by atoms with E-state index in [1.54, 1.807) is 6.92 Å². The van der Waals surface area contributed by atoms with Gasteiger partial charge in [-0.05, 0) is 6.92 Å². The van der Waals surface area contributed by atoms with Crippen LogP contribution in [0.5, 0.6) is 0 Å². The van der Waals surface area contributed by atoms with Crippen LogP contribution in [0.2, 0.25) is 0 Å². The molecule has 0 saturated carbocycles. The van der Waals surface area contributed by atoms with Gasteiger partial charge in [0.2, 0.25) is 0 Å². The zero-order chi connectivity index (χ0) is 6.15. The van der Waals surface area contributed by atoms with Crippen LogP contribution in [0.1, 0.15) is 5.82 Å². The minimum Gasteiger partial charge on any atom is -0.382 e. The van der Waals surface area contributed by atoms with E-state index in [1.165, 1.54) is 0 Å². The lowest BCUT2D eigenvalue weighted by atomic mass is 10.7. The van der Waals surface area contributed by atoms with Gasteiger partial charge < -0.3 is 16.5 Å². The fourth-order valence-corrected chi connectivity index (χ4v) is 0.528. The molecule has 0 saturated heterocycles. The number of nitrogens with two attached hydrogens (primary N) is 2. The molecular formula is C4H8N4. The molecule has 1 rings (SSSR count). The van der Waals surface area contributed by atoms with Gasteiger partial charge in [-0.3, -0.25) is 0 Å². The van der Waals surface area contributed by atoms with Crippen LogP contribution in [-0.2, 0) is 0 Å². The summed E-state index contributed by atoms with van der Waals surface area (Å²) in [5.41, 5.74) is 10.6. The minimum absolute atomic E-state index is 0.377. The summed E-state index contributed by atoms with van der Waals surface area (Å²) in [5, 5.41) is 0. The van der Waals surface area contributed by atoms with E-state index in [0.29, 0.717) is 11.6 Å². The van der Waals surface area contributed by atoms with E-state index in [2.05, 4.69) is 9.97 Å². The highest BCUT2D eigenvalue weighted by Crippen LogP contribution is 2.07. The summed E-state index contributed by atoms with van der Waals surface area (Å²) in [7, 11) is 0. The number of rotatable bonds is 0. The molecule has 1 aromatic rings. The summed E-state index contributed by atoms with van der Waals surface area (Å²) in [6.45, 7) is 1.80. The van der Waals surface area contributed by atoms with Crippen molar-refractivity contribution < 1.29 is 0 Å². The van der Waals surface area contributed by atoms with Crippen LogP contribution in [0, 0.1) is 6.92 Å². The molecule has 0 radical (unpaired) electrons. The van der Waals surface area contributed by atoms with Crippen LogP contribution < -0.4 is 11.5 Å². The highest BCUT2D eigenvalue weighted by Gasteiger charge is 1.95. The van der Waals surface area contributed by atoms with Crippen molar-refractivity contribution >= 4 is 11.6 Å². The summed E-state index contributed by atoms with van der Waals surface area (Å²) in [6, 6.07) is 0. The number of nitrogen functional groups attached to an aromatic ring is 2. The monoisotopic (exact) mass is 112 g/mol. The van der Waals surface area contributed by atoms with Gasteiger partial charge in [-0.15, -0.1) is 0 Å². The van der Waals surface area contributed by atoms with Crippen LogP contribution in [0.4, 0.5) is 11.6 Å². The molecule has 1 heterocycles. The Morgan fingerprint density at radius 3 is 2.25 bits per heavy atom. The molecule has 44 valence electrons.